The van der Waals surface area contributed by atoms with E-state index in [0.29, 0.717) is 18.5 Å². The van der Waals surface area contributed by atoms with E-state index in [2.05, 4.69) is 5.32 Å². The van der Waals surface area contributed by atoms with Crippen LogP contribution in [0.25, 0.3) is 0 Å². The maximum absolute atomic E-state index is 10.9. The average molecular weight is 219 g/mol. The SMILES string of the molecule is O=C(O)C1=CC(c2cccc(O)c2)NCC1. The Morgan fingerprint density at radius 3 is 2.94 bits per heavy atom. The molecule has 0 saturated heterocycles. The molecular weight excluding hydrogens is 206 g/mol. The summed E-state index contributed by atoms with van der Waals surface area (Å²) in [4.78, 5) is 10.9. The number of hydrogen-bond donors (Lipinski definition) is 3. The minimum atomic E-state index is -0.869. The number of rotatable bonds is 2. The zero-order valence-electron chi connectivity index (χ0n) is 8.68. The summed E-state index contributed by atoms with van der Waals surface area (Å²) in [7, 11) is 0. The van der Waals surface area contributed by atoms with Crippen molar-refractivity contribution in [1.29, 1.82) is 0 Å². The lowest BCUT2D eigenvalue weighted by Gasteiger charge is -2.21. The molecule has 4 nitrogen and oxygen atoms in total. The van der Waals surface area contributed by atoms with E-state index in [1.807, 2.05) is 6.07 Å². The molecule has 16 heavy (non-hydrogen) atoms. The Morgan fingerprint density at radius 1 is 1.44 bits per heavy atom. The third-order valence-electron chi connectivity index (χ3n) is 2.63. The van der Waals surface area contributed by atoms with Crippen LogP contribution in [0.2, 0.25) is 0 Å². The number of carbonyl (C=O) groups is 1. The van der Waals surface area contributed by atoms with E-state index in [-0.39, 0.29) is 11.8 Å². The van der Waals surface area contributed by atoms with Crippen LogP contribution in [0.5, 0.6) is 5.75 Å². The van der Waals surface area contributed by atoms with Gasteiger partial charge in [-0.15, -0.1) is 0 Å². The fourth-order valence-electron chi connectivity index (χ4n) is 1.82. The van der Waals surface area contributed by atoms with Crippen LogP contribution in [0.15, 0.2) is 35.9 Å². The molecule has 1 heterocycles. The van der Waals surface area contributed by atoms with Gasteiger partial charge in [0.2, 0.25) is 0 Å². The molecular formula is C12H13NO3. The van der Waals surface area contributed by atoms with Crippen molar-refractivity contribution in [3.63, 3.8) is 0 Å². The third kappa shape index (κ3) is 2.23. The fourth-order valence-corrected chi connectivity index (χ4v) is 1.82. The van der Waals surface area contributed by atoms with Crippen molar-refractivity contribution in [3.05, 3.63) is 41.5 Å². The Morgan fingerprint density at radius 2 is 2.25 bits per heavy atom. The summed E-state index contributed by atoms with van der Waals surface area (Å²) >= 11 is 0. The summed E-state index contributed by atoms with van der Waals surface area (Å²) in [5, 5.41) is 21.5. The molecule has 3 N–H and O–H groups in total. The smallest absolute Gasteiger partial charge is 0.331 e. The van der Waals surface area contributed by atoms with E-state index < -0.39 is 5.97 Å². The maximum Gasteiger partial charge on any atom is 0.331 e. The van der Waals surface area contributed by atoms with E-state index in [9.17, 15) is 9.90 Å². The van der Waals surface area contributed by atoms with Gasteiger partial charge in [0.15, 0.2) is 0 Å². The molecule has 0 radical (unpaired) electrons. The summed E-state index contributed by atoms with van der Waals surface area (Å²) in [5.41, 5.74) is 1.30. The fraction of sp³-hybridized carbons (Fsp3) is 0.250. The van der Waals surface area contributed by atoms with Gasteiger partial charge in [-0.05, 0) is 24.1 Å². The Hall–Kier alpha value is -1.81. The summed E-state index contributed by atoms with van der Waals surface area (Å²) in [6, 6.07) is 6.70. The van der Waals surface area contributed by atoms with Gasteiger partial charge in [-0.2, -0.15) is 0 Å². The zero-order valence-corrected chi connectivity index (χ0v) is 8.68. The van der Waals surface area contributed by atoms with E-state index in [4.69, 9.17) is 5.11 Å². The molecule has 1 aromatic carbocycles. The number of carboxylic acid groups (broad SMARTS) is 1. The van der Waals surface area contributed by atoms with E-state index in [0.717, 1.165) is 5.56 Å². The first-order valence-corrected chi connectivity index (χ1v) is 5.13. The number of hydrogen-bond acceptors (Lipinski definition) is 3. The maximum atomic E-state index is 10.9. The van der Waals surface area contributed by atoms with Crippen LogP contribution in [-0.2, 0) is 4.79 Å². The molecule has 1 unspecified atom stereocenters. The summed E-state index contributed by atoms with van der Waals surface area (Å²) < 4.78 is 0. The van der Waals surface area contributed by atoms with Crippen molar-refractivity contribution in [1.82, 2.24) is 5.32 Å². The number of aromatic hydroxyl groups is 1. The number of aliphatic carboxylic acids is 1. The minimum absolute atomic E-state index is 0.132. The standard InChI is InChI=1S/C12H13NO3/c14-10-3-1-2-8(6-10)11-7-9(12(15)16)4-5-13-11/h1-3,6-7,11,13-14H,4-5H2,(H,15,16). The van der Waals surface area contributed by atoms with Crippen molar-refractivity contribution in [3.8, 4) is 5.75 Å². The van der Waals surface area contributed by atoms with Gasteiger partial charge in [0.25, 0.3) is 0 Å². The van der Waals surface area contributed by atoms with Gasteiger partial charge in [-0.25, -0.2) is 4.79 Å². The quantitative estimate of drug-likeness (QED) is 0.704. The highest BCUT2D eigenvalue weighted by atomic mass is 16.4. The van der Waals surface area contributed by atoms with Crippen LogP contribution in [0, 0.1) is 0 Å². The molecule has 84 valence electrons. The Labute approximate surface area is 93.2 Å². The van der Waals surface area contributed by atoms with Crippen molar-refractivity contribution >= 4 is 5.97 Å². The molecule has 1 atom stereocenters. The number of nitrogens with one attached hydrogen (secondary N) is 1. The average Bonchev–Trinajstić information content (AvgIpc) is 2.29. The molecule has 0 spiro atoms. The van der Waals surface area contributed by atoms with Gasteiger partial charge >= 0.3 is 5.97 Å². The monoisotopic (exact) mass is 219 g/mol. The van der Waals surface area contributed by atoms with Crippen LogP contribution in [-0.4, -0.2) is 22.7 Å². The lowest BCUT2D eigenvalue weighted by atomic mass is 9.98. The van der Waals surface area contributed by atoms with Gasteiger partial charge in [-0.1, -0.05) is 18.2 Å². The highest BCUT2D eigenvalue weighted by Crippen LogP contribution is 2.23. The summed E-state index contributed by atoms with van der Waals surface area (Å²) in [6.45, 7) is 0.637. The number of phenols is 1. The molecule has 0 saturated carbocycles. The van der Waals surface area contributed by atoms with Gasteiger partial charge in [0, 0.05) is 12.1 Å². The van der Waals surface area contributed by atoms with Crippen molar-refractivity contribution in [2.45, 2.75) is 12.5 Å². The first-order valence-electron chi connectivity index (χ1n) is 5.13. The summed E-state index contributed by atoms with van der Waals surface area (Å²) in [5.74, 6) is -0.679. The molecule has 0 bridgehead atoms. The lowest BCUT2D eigenvalue weighted by Crippen LogP contribution is -2.27. The van der Waals surface area contributed by atoms with Crippen molar-refractivity contribution < 1.29 is 15.0 Å². The normalized spacial score (nSPS) is 20.2. The van der Waals surface area contributed by atoms with Gasteiger partial charge in [0.1, 0.15) is 5.75 Å². The van der Waals surface area contributed by atoms with E-state index in [1.54, 1.807) is 24.3 Å². The van der Waals surface area contributed by atoms with Crippen LogP contribution >= 0.6 is 0 Å². The molecule has 4 heteroatoms. The largest absolute Gasteiger partial charge is 0.508 e. The lowest BCUT2D eigenvalue weighted by molar-refractivity contribution is -0.132. The molecule has 0 fully saturated rings. The highest BCUT2D eigenvalue weighted by Gasteiger charge is 2.18. The molecule has 2 rings (SSSR count). The van der Waals surface area contributed by atoms with Gasteiger partial charge in [-0.3, -0.25) is 0 Å². The second kappa shape index (κ2) is 4.37. The Bertz CT molecular complexity index is 440. The topological polar surface area (TPSA) is 69.6 Å². The zero-order chi connectivity index (χ0) is 11.5. The van der Waals surface area contributed by atoms with Crippen LogP contribution in [0.1, 0.15) is 18.0 Å². The Kier molecular flexibility index (Phi) is 2.92. The molecule has 1 aliphatic rings. The summed E-state index contributed by atoms with van der Waals surface area (Å²) in [6.07, 6.45) is 2.23. The van der Waals surface area contributed by atoms with Crippen LogP contribution < -0.4 is 5.32 Å². The number of carboxylic acids is 1. The molecule has 0 aliphatic carbocycles. The number of phenolic OH excluding ortho intramolecular Hbond substituents is 1. The van der Waals surface area contributed by atoms with Crippen LogP contribution in [0.4, 0.5) is 0 Å². The second-order valence-electron chi connectivity index (χ2n) is 3.77. The van der Waals surface area contributed by atoms with Gasteiger partial charge < -0.3 is 15.5 Å². The molecule has 0 aromatic heterocycles. The predicted octanol–water partition coefficient (Wildman–Crippen LogP) is 1.44. The molecule has 1 aliphatic heterocycles. The van der Waals surface area contributed by atoms with Crippen LogP contribution in [0.3, 0.4) is 0 Å². The van der Waals surface area contributed by atoms with E-state index in [1.165, 1.54) is 0 Å². The van der Waals surface area contributed by atoms with Crippen molar-refractivity contribution in [2.24, 2.45) is 0 Å². The molecule has 1 aromatic rings. The Balaban J connectivity index is 2.28. The highest BCUT2D eigenvalue weighted by molar-refractivity contribution is 5.86. The number of benzene rings is 1. The first kappa shape index (κ1) is 10.7. The second-order valence-corrected chi connectivity index (χ2v) is 3.77. The minimum Gasteiger partial charge on any atom is -0.508 e. The van der Waals surface area contributed by atoms with E-state index >= 15 is 0 Å². The molecule has 0 amide bonds. The van der Waals surface area contributed by atoms with Gasteiger partial charge in [0.05, 0.1) is 6.04 Å². The third-order valence-corrected chi connectivity index (χ3v) is 2.63. The van der Waals surface area contributed by atoms with Crippen molar-refractivity contribution in [2.75, 3.05) is 6.54 Å². The predicted molar refractivity (Wildman–Crippen MR) is 59.2 cm³/mol. The first-order chi connectivity index (χ1) is 7.66.